The summed E-state index contributed by atoms with van der Waals surface area (Å²) < 4.78 is 5.19. The SMILES string of the molecule is CC(=O)N(Cc1ccc(NC(=O)c2c(C)coc2CC(=O)O)cc1)C(C)C. The summed E-state index contributed by atoms with van der Waals surface area (Å²) in [5.41, 5.74) is 2.34. The normalized spacial score (nSPS) is 10.7. The van der Waals surface area contributed by atoms with Crippen LogP contribution in [0.15, 0.2) is 34.9 Å². The summed E-state index contributed by atoms with van der Waals surface area (Å²) in [6.45, 7) is 7.63. The monoisotopic (exact) mass is 372 g/mol. The largest absolute Gasteiger partial charge is 0.481 e. The van der Waals surface area contributed by atoms with E-state index in [9.17, 15) is 14.4 Å². The number of benzene rings is 1. The van der Waals surface area contributed by atoms with Gasteiger partial charge < -0.3 is 19.7 Å². The van der Waals surface area contributed by atoms with Crippen molar-refractivity contribution in [2.75, 3.05) is 5.32 Å². The number of nitrogens with one attached hydrogen (secondary N) is 1. The van der Waals surface area contributed by atoms with Crippen molar-refractivity contribution < 1.29 is 23.9 Å². The Hall–Kier alpha value is -3.09. The number of hydrogen-bond acceptors (Lipinski definition) is 4. The predicted molar refractivity (Wildman–Crippen MR) is 101 cm³/mol. The maximum Gasteiger partial charge on any atom is 0.311 e. The zero-order chi connectivity index (χ0) is 20.1. The molecule has 0 bridgehead atoms. The Kier molecular flexibility index (Phi) is 6.39. The molecule has 27 heavy (non-hydrogen) atoms. The highest BCUT2D eigenvalue weighted by Gasteiger charge is 2.20. The molecule has 144 valence electrons. The molecule has 2 aromatic rings. The molecule has 0 fully saturated rings. The highest BCUT2D eigenvalue weighted by Crippen LogP contribution is 2.20. The van der Waals surface area contributed by atoms with Crippen LogP contribution in [0.1, 0.15) is 48.0 Å². The van der Waals surface area contributed by atoms with Crippen LogP contribution >= 0.6 is 0 Å². The molecule has 0 saturated heterocycles. The van der Waals surface area contributed by atoms with Crippen LogP contribution in [-0.2, 0) is 22.6 Å². The van der Waals surface area contributed by atoms with Crippen molar-refractivity contribution in [2.45, 2.75) is 46.7 Å². The number of amides is 2. The standard InChI is InChI=1S/C20H24N2O5/c1-12(2)22(14(4)23)10-15-5-7-16(8-6-15)21-20(26)19-13(3)11-27-17(19)9-18(24)25/h5-8,11-12H,9-10H2,1-4H3,(H,21,26)(H,24,25). The number of carboxylic acids is 1. The Morgan fingerprint density at radius 2 is 1.81 bits per heavy atom. The molecule has 0 aliphatic heterocycles. The number of nitrogens with zero attached hydrogens (tertiary/aromatic N) is 1. The number of aryl methyl sites for hydroxylation is 1. The summed E-state index contributed by atoms with van der Waals surface area (Å²) in [5.74, 6) is -1.35. The lowest BCUT2D eigenvalue weighted by atomic mass is 10.1. The molecular formula is C20H24N2O5. The molecule has 0 spiro atoms. The molecule has 2 amide bonds. The van der Waals surface area contributed by atoms with Gasteiger partial charge in [0, 0.05) is 30.8 Å². The van der Waals surface area contributed by atoms with Gasteiger partial charge in [0.15, 0.2) is 0 Å². The average Bonchev–Trinajstić information content (AvgIpc) is 2.93. The molecule has 0 atom stereocenters. The molecule has 7 heteroatoms. The summed E-state index contributed by atoms with van der Waals surface area (Å²) >= 11 is 0. The van der Waals surface area contributed by atoms with Gasteiger partial charge in [0.25, 0.3) is 5.91 Å². The first-order valence-electron chi connectivity index (χ1n) is 8.65. The van der Waals surface area contributed by atoms with Crippen molar-refractivity contribution in [3.8, 4) is 0 Å². The van der Waals surface area contributed by atoms with Gasteiger partial charge in [-0.05, 0) is 38.5 Å². The van der Waals surface area contributed by atoms with Crippen molar-refractivity contribution >= 4 is 23.5 Å². The lowest BCUT2D eigenvalue weighted by molar-refractivity contribution is -0.136. The average molecular weight is 372 g/mol. The molecule has 0 unspecified atom stereocenters. The van der Waals surface area contributed by atoms with Crippen molar-refractivity contribution in [1.82, 2.24) is 4.90 Å². The minimum atomic E-state index is -1.07. The van der Waals surface area contributed by atoms with E-state index in [1.54, 1.807) is 24.0 Å². The minimum absolute atomic E-state index is 0.00349. The molecule has 1 aromatic carbocycles. The van der Waals surface area contributed by atoms with Crippen LogP contribution in [0.3, 0.4) is 0 Å². The third-order valence-electron chi connectivity index (χ3n) is 4.18. The van der Waals surface area contributed by atoms with Crippen LogP contribution in [0.25, 0.3) is 0 Å². The maximum absolute atomic E-state index is 12.5. The lowest BCUT2D eigenvalue weighted by Crippen LogP contribution is -2.34. The number of carboxylic acid groups (broad SMARTS) is 1. The zero-order valence-corrected chi connectivity index (χ0v) is 15.9. The van der Waals surface area contributed by atoms with E-state index in [1.807, 2.05) is 26.0 Å². The van der Waals surface area contributed by atoms with Gasteiger partial charge in [-0.3, -0.25) is 14.4 Å². The van der Waals surface area contributed by atoms with Crippen molar-refractivity contribution in [3.63, 3.8) is 0 Å². The third kappa shape index (κ3) is 5.20. The van der Waals surface area contributed by atoms with Crippen LogP contribution in [0, 0.1) is 6.92 Å². The van der Waals surface area contributed by atoms with Gasteiger partial charge in [-0.25, -0.2) is 0 Å². The van der Waals surface area contributed by atoms with Crippen molar-refractivity contribution in [1.29, 1.82) is 0 Å². The van der Waals surface area contributed by atoms with Crippen LogP contribution in [0.5, 0.6) is 0 Å². The van der Waals surface area contributed by atoms with Crippen LogP contribution in [-0.4, -0.2) is 33.8 Å². The van der Waals surface area contributed by atoms with Crippen LogP contribution in [0.4, 0.5) is 5.69 Å². The Bertz CT molecular complexity index is 837. The highest BCUT2D eigenvalue weighted by molar-refractivity contribution is 6.06. The summed E-state index contributed by atoms with van der Waals surface area (Å²) in [4.78, 5) is 36.9. The fraction of sp³-hybridized carbons (Fsp3) is 0.350. The first-order chi connectivity index (χ1) is 12.7. The first kappa shape index (κ1) is 20.2. The second-order valence-electron chi connectivity index (χ2n) is 6.68. The van der Waals surface area contributed by atoms with Gasteiger partial charge in [0.2, 0.25) is 5.91 Å². The van der Waals surface area contributed by atoms with Gasteiger partial charge in [-0.1, -0.05) is 12.1 Å². The molecule has 2 N–H and O–H groups in total. The van der Waals surface area contributed by atoms with Crippen LogP contribution < -0.4 is 5.32 Å². The topological polar surface area (TPSA) is 99.9 Å². The van der Waals surface area contributed by atoms with E-state index < -0.39 is 11.9 Å². The van der Waals surface area contributed by atoms with E-state index in [1.165, 1.54) is 13.2 Å². The quantitative estimate of drug-likeness (QED) is 0.777. The van der Waals surface area contributed by atoms with E-state index in [0.29, 0.717) is 17.8 Å². The number of hydrogen-bond donors (Lipinski definition) is 2. The number of rotatable bonds is 7. The van der Waals surface area contributed by atoms with Crippen molar-refractivity contribution in [2.24, 2.45) is 0 Å². The Balaban J connectivity index is 2.11. The highest BCUT2D eigenvalue weighted by atomic mass is 16.4. The Morgan fingerprint density at radius 3 is 2.33 bits per heavy atom. The maximum atomic E-state index is 12.5. The Morgan fingerprint density at radius 1 is 1.19 bits per heavy atom. The van der Waals surface area contributed by atoms with Gasteiger partial charge in [0.1, 0.15) is 12.2 Å². The number of aliphatic carboxylic acids is 1. The molecule has 1 aromatic heterocycles. The molecule has 0 saturated carbocycles. The Labute approximate surface area is 158 Å². The summed E-state index contributed by atoms with van der Waals surface area (Å²) in [5, 5.41) is 11.7. The van der Waals surface area contributed by atoms with E-state index in [2.05, 4.69) is 5.32 Å². The zero-order valence-electron chi connectivity index (χ0n) is 15.9. The smallest absolute Gasteiger partial charge is 0.311 e. The fourth-order valence-electron chi connectivity index (χ4n) is 2.81. The molecule has 0 aliphatic rings. The van der Waals surface area contributed by atoms with Gasteiger partial charge >= 0.3 is 5.97 Å². The minimum Gasteiger partial charge on any atom is -0.481 e. The number of furan rings is 1. The van der Waals surface area contributed by atoms with Crippen LogP contribution in [0.2, 0.25) is 0 Å². The lowest BCUT2D eigenvalue weighted by Gasteiger charge is -2.25. The molecule has 2 rings (SSSR count). The summed E-state index contributed by atoms with van der Waals surface area (Å²) in [6.07, 6.45) is 1.02. The van der Waals surface area contributed by atoms with Crippen molar-refractivity contribution in [3.05, 3.63) is 53.0 Å². The number of carbonyl (C=O) groups excluding carboxylic acids is 2. The molecular weight excluding hydrogens is 348 g/mol. The number of anilines is 1. The number of carbonyl (C=O) groups is 3. The van der Waals surface area contributed by atoms with E-state index in [0.717, 1.165) is 5.56 Å². The second kappa shape index (κ2) is 8.53. The summed E-state index contributed by atoms with van der Waals surface area (Å²) in [7, 11) is 0. The molecule has 7 nitrogen and oxygen atoms in total. The molecule has 0 aliphatic carbocycles. The molecule has 1 heterocycles. The van der Waals surface area contributed by atoms with Gasteiger partial charge in [-0.15, -0.1) is 0 Å². The van der Waals surface area contributed by atoms with E-state index >= 15 is 0 Å². The first-order valence-corrected chi connectivity index (χ1v) is 8.65. The molecule has 0 radical (unpaired) electrons. The van der Waals surface area contributed by atoms with Gasteiger partial charge in [-0.2, -0.15) is 0 Å². The van der Waals surface area contributed by atoms with E-state index in [-0.39, 0.29) is 29.7 Å². The second-order valence-corrected chi connectivity index (χ2v) is 6.68. The third-order valence-corrected chi connectivity index (χ3v) is 4.18. The van der Waals surface area contributed by atoms with Gasteiger partial charge in [0.05, 0.1) is 11.8 Å². The fourth-order valence-corrected chi connectivity index (χ4v) is 2.81. The van der Waals surface area contributed by atoms with E-state index in [4.69, 9.17) is 9.52 Å². The predicted octanol–water partition coefficient (Wildman–Crippen LogP) is 3.22. The summed E-state index contributed by atoms with van der Waals surface area (Å²) in [6, 6.07) is 7.28.